The van der Waals surface area contributed by atoms with E-state index in [9.17, 15) is 5.11 Å². The Morgan fingerprint density at radius 1 is 0.957 bits per heavy atom. The number of pyridine rings is 1. The summed E-state index contributed by atoms with van der Waals surface area (Å²) >= 11 is 0. The number of nitrogens with one attached hydrogen (secondary N) is 1. The number of aliphatic hydroxyl groups excluding tert-OH is 1. The van der Waals surface area contributed by atoms with Crippen LogP contribution in [0.4, 0.5) is 0 Å². The van der Waals surface area contributed by atoms with Gasteiger partial charge in [0.05, 0.1) is 6.10 Å². The lowest BCUT2D eigenvalue weighted by atomic mass is 9.93. The molecular weight excluding hydrogens is 288 g/mol. The van der Waals surface area contributed by atoms with Gasteiger partial charge < -0.3 is 15.2 Å². The maximum Gasteiger partial charge on any atom is 0.119 e. The van der Waals surface area contributed by atoms with E-state index < -0.39 is 0 Å². The largest absolute Gasteiger partial charge is 0.489 e. The minimum Gasteiger partial charge on any atom is -0.489 e. The predicted octanol–water partition coefficient (Wildman–Crippen LogP) is 3.05. The summed E-state index contributed by atoms with van der Waals surface area (Å²) in [5, 5.41) is 13.1. The zero-order valence-corrected chi connectivity index (χ0v) is 13.3. The van der Waals surface area contributed by atoms with Crippen molar-refractivity contribution < 1.29 is 9.84 Å². The van der Waals surface area contributed by atoms with Crippen LogP contribution < -0.4 is 10.1 Å². The highest BCUT2D eigenvalue weighted by Gasteiger charge is 2.18. The number of rotatable bonds is 6. The molecule has 122 valence electrons. The van der Waals surface area contributed by atoms with Crippen LogP contribution in [0.25, 0.3) is 0 Å². The number of nitrogens with zero attached hydrogens (tertiary/aromatic N) is 1. The third-order valence-electron chi connectivity index (χ3n) is 4.37. The third-order valence-corrected chi connectivity index (χ3v) is 4.37. The molecular formula is C19H24N2O2. The highest BCUT2D eigenvalue weighted by atomic mass is 16.5. The van der Waals surface area contributed by atoms with Crippen molar-refractivity contribution in [2.75, 3.05) is 0 Å². The van der Waals surface area contributed by atoms with Crippen molar-refractivity contribution in [1.29, 1.82) is 0 Å². The van der Waals surface area contributed by atoms with Crippen molar-refractivity contribution in [2.24, 2.45) is 0 Å². The van der Waals surface area contributed by atoms with Crippen LogP contribution in [0.5, 0.6) is 5.75 Å². The molecule has 0 atom stereocenters. The van der Waals surface area contributed by atoms with E-state index in [0.29, 0.717) is 12.6 Å². The molecule has 23 heavy (non-hydrogen) atoms. The zero-order valence-electron chi connectivity index (χ0n) is 13.3. The fraction of sp³-hybridized carbons (Fsp3) is 0.421. The van der Waals surface area contributed by atoms with Crippen LogP contribution in [0.15, 0.2) is 48.8 Å². The number of hydrogen-bond acceptors (Lipinski definition) is 4. The molecule has 2 aromatic rings. The van der Waals surface area contributed by atoms with Gasteiger partial charge in [0.15, 0.2) is 0 Å². The lowest BCUT2D eigenvalue weighted by Crippen LogP contribution is -2.34. The van der Waals surface area contributed by atoms with E-state index in [-0.39, 0.29) is 6.10 Å². The topological polar surface area (TPSA) is 54.4 Å². The number of aliphatic hydroxyl groups is 1. The van der Waals surface area contributed by atoms with Crippen molar-refractivity contribution in [3.63, 3.8) is 0 Å². The van der Waals surface area contributed by atoms with Gasteiger partial charge in [0.2, 0.25) is 0 Å². The molecule has 4 heteroatoms. The molecule has 0 aliphatic heterocycles. The van der Waals surface area contributed by atoms with Gasteiger partial charge >= 0.3 is 0 Å². The average Bonchev–Trinajstić information content (AvgIpc) is 2.61. The van der Waals surface area contributed by atoms with Gasteiger partial charge in [0.1, 0.15) is 12.4 Å². The molecule has 1 aliphatic carbocycles. The summed E-state index contributed by atoms with van der Waals surface area (Å²) in [6.07, 6.45) is 7.42. The van der Waals surface area contributed by atoms with E-state index in [1.165, 1.54) is 5.56 Å². The SMILES string of the molecule is OC1CCC(NCc2ccc(OCc3ccncc3)cc2)CC1. The van der Waals surface area contributed by atoms with Crippen molar-refractivity contribution in [2.45, 2.75) is 51.0 Å². The Labute approximate surface area is 137 Å². The Morgan fingerprint density at radius 2 is 1.65 bits per heavy atom. The van der Waals surface area contributed by atoms with Crippen LogP contribution in [0.1, 0.15) is 36.8 Å². The summed E-state index contributed by atoms with van der Waals surface area (Å²) in [6, 6.07) is 12.7. The second-order valence-corrected chi connectivity index (χ2v) is 6.17. The molecule has 2 N–H and O–H groups in total. The minimum atomic E-state index is -0.0927. The molecule has 1 aromatic heterocycles. The van der Waals surface area contributed by atoms with Gasteiger partial charge in [0.25, 0.3) is 0 Å². The van der Waals surface area contributed by atoms with Gasteiger partial charge in [0, 0.05) is 25.0 Å². The molecule has 1 fully saturated rings. The Hall–Kier alpha value is -1.91. The summed E-state index contributed by atoms with van der Waals surface area (Å²) in [4.78, 5) is 4.00. The van der Waals surface area contributed by atoms with E-state index >= 15 is 0 Å². The lowest BCUT2D eigenvalue weighted by molar-refractivity contribution is 0.116. The first-order chi connectivity index (χ1) is 11.3. The molecule has 0 amide bonds. The van der Waals surface area contributed by atoms with E-state index in [1.807, 2.05) is 24.3 Å². The zero-order chi connectivity index (χ0) is 15.9. The Kier molecular flexibility index (Phi) is 5.61. The van der Waals surface area contributed by atoms with Crippen molar-refractivity contribution in [1.82, 2.24) is 10.3 Å². The van der Waals surface area contributed by atoms with Crippen LogP contribution in [0, 0.1) is 0 Å². The number of hydrogen-bond donors (Lipinski definition) is 2. The maximum atomic E-state index is 9.53. The van der Waals surface area contributed by atoms with Gasteiger partial charge in [-0.15, -0.1) is 0 Å². The highest BCUT2D eigenvalue weighted by molar-refractivity contribution is 5.27. The van der Waals surface area contributed by atoms with Gasteiger partial charge in [-0.2, -0.15) is 0 Å². The molecule has 0 unspecified atom stereocenters. The van der Waals surface area contributed by atoms with Crippen molar-refractivity contribution in [3.05, 3.63) is 59.9 Å². The minimum absolute atomic E-state index is 0.0927. The molecule has 0 radical (unpaired) electrons. The van der Waals surface area contributed by atoms with Crippen LogP contribution >= 0.6 is 0 Å². The first kappa shape index (κ1) is 16.0. The summed E-state index contributed by atoms with van der Waals surface area (Å²) in [5.74, 6) is 0.881. The monoisotopic (exact) mass is 312 g/mol. The molecule has 1 aromatic carbocycles. The van der Waals surface area contributed by atoms with E-state index in [4.69, 9.17) is 4.74 Å². The van der Waals surface area contributed by atoms with E-state index in [2.05, 4.69) is 22.4 Å². The van der Waals surface area contributed by atoms with Crippen molar-refractivity contribution in [3.8, 4) is 5.75 Å². The molecule has 0 spiro atoms. The average molecular weight is 312 g/mol. The summed E-state index contributed by atoms with van der Waals surface area (Å²) < 4.78 is 5.78. The molecule has 0 bridgehead atoms. The number of ether oxygens (including phenoxy) is 1. The Balaban J connectivity index is 1.43. The first-order valence-electron chi connectivity index (χ1n) is 8.32. The van der Waals surface area contributed by atoms with Crippen LogP contribution in [0.3, 0.4) is 0 Å². The molecule has 0 saturated heterocycles. The summed E-state index contributed by atoms with van der Waals surface area (Å²) in [6.45, 7) is 1.43. The van der Waals surface area contributed by atoms with Gasteiger partial charge in [-0.05, 0) is 61.1 Å². The number of aromatic nitrogens is 1. The standard InChI is InChI=1S/C19H24N2O2/c22-18-5-3-17(4-6-18)21-13-15-1-7-19(8-2-15)23-14-16-9-11-20-12-10-16/h1-2,7-12,17-18,21-22H,3-6,13-14H2. The predicted molar refractivity (Wildman–Crippen MR) is 90.1 cm³/mol. The van der Waals surface area contributed by atoms with Crippen LogP contribution in [-0.2, 0) is 13.2 Å². The van der Waals surface area contributed by atoms with Crippen LogP contribution in [0.2, 0.25) is 0 Å². The van der Waals surface area contributed by atoms with E-state index in [1.54, 1.807) is 12.4 Å². The second kappa shape index (κ2) is 8.09. The van der Waals surface area contributed by atoms with E-state index in [0.717, 1.165) is 43.5 Å². The molecule has 1 heterocycles. The van der Waals surface area contributed by atoms with Crippen LogP contribution in [-0.4, -0.2) is 22.2 Å². The molecule has 3 rings (SSSR count). The lowest BCUT2D eigenvalue weighted by Gasteiger charge is -2.26. The Bertz CT molecular complexity index is 578. The highest BCUT2D eigenvalue weighted by Crippen LogP contribution is 2.19. The number of benzene rings is 1. The fourth-order valence-corrected chi connectivity index (χ4v) is 2.89. The van der Waals surface area contributed by atoms with Crippen molar-refractivity contribution >= 4 is 0 Å². The quantitative estimate of drug-likeness (QED) is 0.861. The maximum absolute atomic E-state index is 9.53. The molecule has 4 nitrogen and oxygen atoms in total. The third kappa shape index (κ3) is 5.05. The van der Waals surface area contributed by atoms with Gasteiger partial charge in [-0.3, -0.25) is 4.98 Å². The summed E-state index contributed by atoms with van der Waals surface area (Å²) in [7, 11) is 0. The first-order valence-corrected chi connectivity index (χ1v) is 8.32. The Morgan fingerprint density at radius 3 is 2.35 bits per heavy atom. The molecule has 1 saturated carbocycles. The second-order valence-electron chi connectivity index (χ2n) is 6.17. The summed E-state index contributed by atoms with van der Waals surface area (Å²) in [5.41, 5.74) is 2.37. The van der Waals surface area contributed by atoms with Gasteiger partial charge in [-0.25, -0.2) is 0 Å². The smallest absolute Gasteiger partial charge is 0.119 e. The normalized spacial score (nSPS) is 21.1. The molecule has 1 aliphatic rings. The van der Waals surface area contributed by atoms with Gasteiger partial charge in [-0.1, -0.05) is 12.1 Å². The fourth-order valence-electron chi connectivity index (χ4n) is 2.89.